The molecule has 3 aliphatic rings. The maximum Gasteiger partial charge on any atom is 0.330 e. The van der Waals surface area contributed by atoms with Crippen molar-refractivity contribution in [2.24, 2.45) is 23.7 Å². The number of thioether (sulfide) groups is 2. The zero-order chi connectivity index (χ0) is 66.9. The van der Waals surface area contributed by atoms with Crippen LogP contribution < -0.4 is 18.9 Å². The molecule has 25 heteroatoms. The zero-order valence-corrected chi connectivity index (χ0v) is 53.6. The Hall–Kier alpha value is -8.78. The van der Waals surface area contributed by atoms with Crippen LogP contribution in [0.1, 0.15) is 120 Å². The van der Waals surface area contributed by atoms with Gasteiger partial charge in [-0.25, -0.2) is 9.59 Å². The summed E-state index contributed by atoms with van der Waals surface area (Å²) in [6, 6.07) is 17.3. The number of fused-ring (bicyclic) bond motifs is 1. The number of nitrogens with zero attached hydrogens (tertiary/aromatic N) is 2. The number of nitriles is 2. The van der Waals surface area contributed by atoms with Crippen molar-refractivity contribution >= 4 is 83.2 Å². The van der Waals surface area contributed by atoms with Gasteiger partial charge >= 0.3 is 59.7 Å². The van der Waals surface area contributed by atoms with Gasteiger partial charge in [0, 0.05) is 25.0 Å². The summed E-state index contributed by atoms with van der Waals surface area (Å²) in [5.74, 6) is -6.61. The number of hydrogen-bond acceptors (Lipinski definition) is 25. The van der Waals surface area contributed by atoms with Crippen LogP contribution in [-0.4, -0.2) is 111 Å². The molecule has 1 aliphatic heterocycles. The van der Waals surface area contributed by atoms with Crippen LogP contribution in [0.15, 0.2) is 93.4 Å². The van der Waals surface area contributed by atoms with E-state index in [-0.39, 0.29) is 75.8 Å². The van der Waals surface area contributed by atoms with Crippen molar-refractivity contribution in [3.8, 4) is 35.1 Å². The summed E-state index contributed by atoms with van der Waals surface area (Å²) >= 11 is 2.14. The second kappa shape index (κ2) is 36.3. The summed E-state index contributed by atoms with van der Waals surface area (Å²) in [5, 5.41) is 19.6. The normalized spacial score (nSPS) is 17.4. The highest BCUT2D eigenvalue weighted by Crippen LogP contribution is 2.61. The molecule has 3 aromatic rings. The molecule has 0 bridgehead atoms. The molecule has 490 valence electrons. The summed E-state index contributed by atoms with van der Waals surface area (Å²) in [5.41, 5.74) is 2.45. The van der Waals surface area contributed by atoms with E-state index < -0.39 is 102 Å². The van der Waals surface area contributed by atoms with Crippen LogP contribution >= 0.6 is 23.5 Å². The molecule has 0 radical (unpaired) electrons. The van der Waals surface area contributed by atoms with Crippen molar-refractivity contribution in [3.05, 3.63) is 106 Å². The number of carbonyl (C=O) groups is 10. The number of carbonyl (C=O) groups excluding carboxylic acids is 10. The van der Waals surface area contributed by atoms with Gasteiger partial charge in [-0.1, -0.05) is 60.9 Å². The van der Waals surface area contributed by atoms with Crippen molar-refractivity contribution in [3.63, 3.8) is 0 Å². The average molecular weight is 1310 g/mol. The van der Waals surface area contributed by atoms with E-state index in [1.165, 1.54) is 0 Å². The molecule has 92 heavy (non-hydrogen) atoms. The first-order valence-corrected chi connectivity index (χ1v) is 31.7. The van der Waals surface area contributed by atoms with Crippen LogP contribution in [0.25, 0.3) is 0 Å². The highest BCUT2D eigenvalue weighted by Gasteiger charge is 2.39. The van der Waals surface area contributed by atoms with E-state index in [9.17, 15) is 58.5 Å². The van der Waals surface area contributed by atoms with Gasteiger partial charge in [-0.2, -0.15) is 10.5 Å². The Bertz CT molecular complexity index is 3310. The Labute approximate surface area is 541 Å². The predicted molar refractivity (Wildman–Crippen MR) is 329 cm³/mol. The van der Waals surface area contributed by atoms with Crippen LogP contribution in [0.5, 0.6) is 23.0 Å². The molecule has 3 aromatic carbocycles. The lowest BCUT2D eigenvalue weighted by atomic mass is 9.82. The van der Waals surface area contributed by atoms with Gasteiger partial charge in [0.2, 0.25) is 0 Å². The molecule has 0 spiro atoms. The molecular weight excluding hydrogens is 1230 g/mol. The van der Waals surface area contributed by atoms with Crippen molar-refractivity contribution in [1.82, 2.24) is 0 Å². The molecule has 3 unspecified atom stereocenters. The summed E-state index contributed by atoms with van der Waals surface area (Å²) < 4.78 is 60.2. The van der Waals surface area contributed by atoms with Crippen LogP contribution in [0, 0.1) is 60.2 Å². The van der Waals surface area contributed by atoms with Gasteiger partial charge in [0.05, 0.1) is 88.8 Å². The van der Waals surface area contributed by atoms with E-state index in [1.54, 1.807) is 83.1 Å². The Morgan fingerprint density at radius 3 is 1.20 bits per heavy atom. The molecule has 1 heterocycles. The fourth-order valence-corrected chi connectivity index (χ4v) is 12.4. The molecule has 0 N–H and O–H groups in total. The van der Waals surface area contributed by atoms with Crippen LogP contribution in [-0.2, 0) is 93.9 Å². The molecule has 3 atom stereocenters. The van der Waals surface area contributed by atoms with Gasteiger partial charge in [0.1, 0.15) is 66.6 Å². The van der Waals surface area contributed by atoms with Gasteiger partial charge in [-0.05, 0) is 133 Å². The van der Waals surface area contributed by atoms with Gasteiger partial charge in [-0.15, -0.1) is 0 Å². The first-order valence-electron chi connectivity index (χ1n) is 30.1. The fraction of sp³-hybridized carbons (Fsp3) is 0.463. The third-order valence-corrected chi connectivity index (χ3v) is 17.7. The second-order valence-electron chi connectivity index (χ2n) is 22.1. The Balaban J connectivity index is 0.915. The monoisotopic (exact) mass is 1310 g/mol. The molecule has 0 aromatic heterocycles. The van der Waals surface area contributed by atoms with E-state index in [0.29, 0.717) is 101 Å². The van der Waals surface area contributed by atoms with Crippen LogP contribution in [0.2, 0.25) is 0 Å². The van der Waals surface area contributed by atoms with E-state index in [1.807, 2.05) is 12.1 Å². The SMILES string of the molecule is C=CC(=O)OCC(C)OC(=O)CCC(=O)OCCc1ccc(OC(=O)[C@H]2CC[C@H](C(=O)Oc3c(C)c(C)c(OC(=O)[C@H]4CC[C@H](C(=O)Oc5ccc(CCOC(=O)CCC(=O)OCC(C)OC(C)COC(=O)C=C)cc5)CC4)c4c3SC(=C(C#N)C#N)S4)CC2)cc1. The minimum atomic E-state index is -0.701. The lowest BCUT2D eigenvalue weighted by Gasteiger charge is -2.27. The van der Waals surface area contributed by atoms with E-state index in [4.69, 9.17) is 52.1 Å². The lowest BCUT2D eigenvalue weighted by molar-refractivity contribution is -0.157. The second-order valence-corrected chi connectivity index (χ2v) is 24.4. The minimum Gasteiger partial charge on any atom is -0.465 e. The smallest absolute Gasteiger partial charge is 0.330 e. The molecular formula is C67H74N2O21S2. The first-order chi connectivity index (χ1) is 44.1. The number of ether oxygens (including phenoxy) is 11. The number of hydrogen-bond donors (Lipinski definition) is 0. The molecule has 2 aliphatic carbocycles. The fourth-order valence-electron chi connectivity index (χ4n) is 9.80. The maximum absolute atomic E-state index is 13.9. The molecule has 0 saturated heterocycles. The third-order valence-electron chi connectivity index (χ3n) is 15.1. The summed E-state index contributed by atoms with van der Waals surface area (Å²) in [4.78, 5) is 126. The highest BCUT2D eigenvalue weighted by molar-refractivity contribution is 8.24. The van der Waals surface area contributed by atoms with Crippen molar-refractivity contribution < 1.29 is 100 Å². The predicted octanol–water partition coefficient (Wildman–Crippen LogP) is 9.85. The standard InChI is InChI=1S/C67H74N2O21S2/c1-8-53(70)82-36-39(3)85-40(4)37-84-57(74)27-26-55(72)80-32-30-44-10-22-51(23-11-44)87-63(76)46-14-18-48(19-15-46)65(78)89-59-42(6)43(7)60(62-61(59)91-67(92-62)50(34-68)35-69)90-66(79)49-20-16-47(17-21-49)64(77)88-52-24-12-45(13-25-52)31-33-81-56(73)28-29-58(75)86-41(5)38-83-54(71)9-2/h8-13,22-25,39-41,46-49H,1-2,14-21,26-33,36-38H2,3-7H3/t39?,40?,41?,46-,47-,48-,49-. The summed E-state index contributed by atoms with van der Waals surface area (Å²) in [7, 11) is 0. The topological polar surface area (TPSA) is 320 Å². The molecule has 0 amide bonds. The Morgan fingerprint density at radius 1 is 0.489 bits per heavy atom. The Morgan fingerprint density at radius 2 is 0.826 bits per heavy atom. The number of allylic oxidation sites excluding steroid dienone is 1. The largest absolute Gasteiger partial charge is 0.465 e. The number of esters is 10. The number of benzene rings is 3. The van der Waals surface area contributed by atoms with Gasteiger partial charge in [0.15, 0.2) is 0 Å². The molecule has 2 fully saturated rings. The Kier molecular flexibility index (Phi) is 28.5. The summed E-state index contributed by atoms with van der Waals surface area (Å²) in [6.45, 7) is 14.9. The van der Waals surface area contributed by atoms with Gasteiger partial charge < -0.3 is 52.1 Å². The van der Waals surface area contributed by atoms with Crippen molar-refractivity contribution in [2.75, 3.05) is 33.0 Å². The molecule has 6 rings (SSSR count). The van der Waals surface area contributed by atoms with E-state index in [2.05, 4.69) is 13.2 Å². The van der Waals surface area contributed by atoms with Crippen LogP contribution in [0.4, 0.5) is 0 Å². The highest BCUT2D eigenvalue weighted by atomic mass is 32.2. The first kappa shape index (κ1) is 72.3. The van der Waals surface area contributed by atoms with Gasteiger partial charge in [-0.3, -0.25) is 38.4 Å². The third kappa shape index (κ3) is 22.6. The zero-order valence-electron chi connectivity index (χ0n) is 51.9. The average Bonchev–Trinajstić information content (AvgIpc) is 1.55. The quantitative estimate of drug-likeness (QED) is 0.0190. The lowest BCUT2D eigenvalue weighted by Crippen LogP contribution is -2.31. The molecule has 23 nitrogen and oxygen atoms in total. The van der Waals surface area contributed by atoms with E-state index in [0.717, 1.165) is 46.8 Å². The summed E-state index contributed by atoms with van der Waals surface area (Å²) in [6.07, 6.45) is 3.14. The molecule has 2 saturated carbocycles. The van der Waals surface area contributed by atoms with Crippen LogP contribution in [0.3, 0.4) is 0 Å². The van der Waals surface area contributed by atoms with Crippen molar-refractivity contribution in [2.45, 2.75) is 153 Å². The van der Waals surface area contributed by atoms with E-state index >= 15 is 0 Å². The maximum atomic E-state index is 13.9. The number of rotatable bonds is 31. The van der Waals surface area contributed by atoms with Gasteiger partial charge in [0.25, 0.3) is 0 Å². The minimum absolute atomic E-state index is 0.0109. The van der Waals surface area contributed by atoms with Crippen molar-refractivity contribution in [1.29, 1.82) is 10.5 Å².